The Morgan fingerprint density at radius 1 is 1.15 bits per heavy atom. The van der Waals surface area contributed by atoms with Crippen molar-refractivity contribution in [2.75, 3.05) is 0 Å². The molecule has 6 nitrogen and oxygen atoms in total. The molecule has 1 aromatic carbocycles. The molecule has 0 N–H and O–H groups in total. The number of hydrogen-bond donors (Lipinski definition) is 0. The van der Waals surface area contributed by atoms with Crippen LogP contribution in [0.5, 0.6) is 0 Å². The number of allylic oxidation sites excluding steroid dienone is 1. The molecular weight excluding hydrogens is 342 g/mol. The fraction of sp³-hybridized carbons (Fsp3) is 0.286. The van der Waals surface area contributed by atoms with Gasteiger partial charge in [0.25, 0.3) is 0 Å². The highest BCUT2D eigenvalue weighted by atomic mass is 16.6. The van der Waals surface area contributed by atoms with Gasteiger partial charge < -0.3 is 4.74 Å². The third-order valence-electron chi connectivity index (χ3n) is 3.92. The number of carbonyl (C=O) groups is 1. The SMILES string of the molecule is Cc1ccc(/C=C/Cn2c(=O)n(C(=O)OC(C)(C)C)c3ccccc32)nc1. The van der Waals surface area contributed by atoms with Gasteiger partial charge >= 0.3 is 11.8 Å². The lowest BCUT2D eigenvalue weighted by Crippen LogP contribution is -2.34. The van der Waals surface area contributed by atoms with Crippen molar-refractivity contribution in [3.63, 3.8) is 0 Å². The van der Waals surface area contributed by atoms with Crippen LogP contribution in [0.3, 0.4) is 0 Å². The number of aromatic nitrogens is 3. The summed E-state index contributed by atoms with van der Waals surface area (Å²) >= 11 is 0. The van der Waals surface area contributed by atoms with Crippen molar-refractivity contribution >= 4 is 23.2 Å². The molecule has 0 atom stereocenters. The van der Waals surface area contributed by atoms with Crippen LogP contribution in [0.2, 0.25) is 0 Å². The van der Waals surface area contributed by atoms with E-state index in [-0.39, 0.29) is 0 Å². The molecule has 0 fully saturated rings. The molecular formula is C21H23N3O3. The molecule has 0 aliphatic carbocycles. The van der Waals surface area contributed by atoms with Crippen LogP contribution in [-0.4, -0.2) is 25.8 Å². The average molecular weight is 365 g/mol. The Balaban J connectivity index is 1.96. The van der Waals surface area contributed by atoms with Gasteiger partial charge in [-0.2, -0.15) is 4.57 Å². The molecule has 0 spiro atoms. The number of hydrogen-bond acceptors (Lipinski definition) is 4. The number of ether oxygens (including phenoxy) is 1. The van der Waals surface area contributed by atoms with Gasteiger partial charge in [0.2, 0.25) is 0 Å². The predicted octanol–water partition coefficient (Wildman–Crippen LogP) is 4.00. The Bertz CT molecular complexity index is 1050. The van der Waals surface area contributed by atoms with E-state index in [1.54, 1.807) is 43.7 Å². The molecule has 0 aliphatic rings. The van der Waals surface area contributed by atoms with Crippen LogP contribution < -0.4 is 5.69 Å². The average Bonchev–Trinajstić information content (AvgIpc) is 2.87. The summed E-state index contributed by atoms with van der Waals surface area (Å²) in [6.45, 7) is 7.61. The summed E-state index contributed by atoms with van der Waals surface area (Å²) in [5.41, 5.74) is 1.99. The van der Waals surface area contributed by atoms with Crippen LogP contribution >= 0.6 is 0 Å². The summed E-state index contributed by atoms with van der Waals surface area (Å²) < 4.78 is 8.02. The monoisotopic (exact) mass is 365 g/mol. The number of rotatable bonds is 3. The second kappa shape index (κ2) is 7.23. The van der Waals surface area contributed by atoms with Crippen molar-refractivity contribution in [1.82, 2.24) is 14.1 Å². The van der Waals surface area contributed by atoms with Gasteiger partial charge in [-0.05, 0) is 57.5 Å². The van der Waals surface area contributed by atoms with Crippen molar-refractivity contribution in [3.05, 3.63) is 70.4 Å². The Morgan fingerprint density at radius 2 is 1.85 bits per heavy atom. The molecule has 0 aliphatic heterocycles. The van der Waals surface area contributed by atoms with Crippen molar-refractivity contribution < 1.29 is 9.53 Å². The summed E-state index contributed by atoms with van der Waals surface area (Å²) in [4.78, 5) is 29.7. The molecule has 3 rings (SSSR count). The lowest BCUT2D eigenvalue weighted by molar-refractivity contribution is 0.0537. The van der Waals surface area contributed by atoms with Crippen LogP contribution in [0, 0.1) is 6.92 Å². The van der Waals surface area contributed by atoms with E-state index in [1.807, 2.05) is 43.3 Å². The normalized spacial score (nSPS) is 12.0. The maximum Gasteiger partial charge on any atom is 0.423 e. The third-order valence-corrected chi connectivity index (χ3v) is 3.92. The first-order valence-electron chi connectivity index (χ1n) is 8.79. The minimum atomic E-state index is -0.684. The lowest BCUT2D eigenvalue weighted by Gasteiger charge is -2.19. The number of pyridine rings is 1. The molecule has 3 aromatic rings. The van der Waals surface area contributed by atoms with Gasteiger partial charge in [0, 0.05) is 12.7 Å². The van der Waals surface area contributed by atoms with Crippen molar-refractivity contribution in [3.8, 4) is 0 Å². The number of aryl methyl sites for hydroxylation is 1. The number of nitrogens with zero attached hydrogens (tertiary/aromatic N) is 3. The molecule has 0 amide bonds. The van der Waals surface area contributed by atoms with Gasteiger partial charge in [-0.3, -0.25) is 9.55 Å². The second-order valence-electron chi connectivity index (χ2n) is 7.36. The quantitative estimate of drug-likeness (QED) is 0.703. The first kappa shape index (κ1) is 18.6. The zero-order chi connectivity index (χ0) is 19.6. The Kier molecular flexibility index (Phi) is 4.99. The van der Waals surface area contributed by atoms with Gasteiger partial charge in [-0.25, -0.2) is 9.59 Å². The van der Waals surface area contributed by atoms with E-state index < -0.39 is 17.4 Å². The van der Waals surface area contributed by atoms with Crippen LogP contribution in [-0.2, 0) is 11.3 Å². The molecule has 2 heterocycles. The minimum Gasteiger partial charge on any atom is -0.443 e. The van der Waals surface area contributed by atoms with E-state index in [4.69, 9.17) is 4.74 Å². The summed E-state index contributed by atoms with van der Waals surface area (Å²) in [6, 6.07) is 11.1. The summed E-state index contributed by atoms with van der Waals surface area (Å²) in [6.07, 6.45) is 4.82. The van der Waals surface area contributed by atoms with E-state index in [9.17, 15) is 9.59 Å². The van der Waals surface area contributed by atoms with Crippen molar-refractivity contribution in [1.29, 1.82) is 0 Å². The molecule has 0 bridgehead atoms. The molecule has 27 heavy (non-hydrogen) atoms. The van der Waals surface area contributed by atoms with Crippen LogP contribution in [0.15, 0.2) is 53.5 Å². The minimum absolute atomic E-state index is 0.324. The highest BCUT2D eigenvalue weighted by molar-refractivity contribution is 5.87. The van der Waals surface area contributed by atoms with Gasteiger partial charge in [0.05, 0.1) is 16.7 Å². The number of para-hydroxylation sites is 2. The third kappa shape index (κ3) is 4.16. The Labute approximate surface area is 157 Å². The standard InChI is InChI=1S/C21H23N3O3/c1-15-11-12-16(22-14-15)8-7-13-23-17-9-5-6-10-18(17)24(19(23)25)20(26)27-21(2,3)4/h5-12,14H,13H2,1-4H3/b8-7+. The zero-order valence-electron chi connectivity index (χ0n) is 16.0. The Morgan fingerprint density at radius 3 is 2.48 bits per heavy atom. The summed E-state index contributed by atoms with van der Waals surface area (Å²) in [7, 11) is 0. The van der Waals surface area contributed by atoms with Crippen LogP contribution in [0.4, 0.5) is 4.79 Å². The first-order chi connectivity index (χ1) is 12.8. The maximum absolute atomic E-state index is 12.9. The number of fused-ring (bicyclic) bond motifs is 1. The van der Waals surface area contributed by atoms with Crippen LogP contribution in [0.25, 0.3) is 17.1 Å². The molecule has 0 saturated carbocycles. The number of benzene rings is 1. The lowest BCUT2D eigenvalue weighted by atomic mass is 10.2. The smallest absolute Gasteiger partial charge is 0.423 e. The Hall–Kier alpha value is -3.15. The predicted molar refractivity (Wildman–Crippen MR) is 106 cm³/mol. The zero-order valence-corrected chi connectivity index (χ0v) is 16.0. The number of carbonyl (C=O) groups excluding carboxylic acids is 1. The maximum atomic E-state index is 12.9. The highest BCUT2D eigenvalue weighted by Gasteiger charge is 2.23. The molecule has 0 radical (unpaired) electrons. The molecule has 2 aromatic heterocycles. The van der Waals surface area contributed by atoms with E-state index in [0.717, 1.165) is 15.8 Å². The van der Waals surface area contributed by atoms with Gasteiger partial charge in [0.1, 0.15) is 5.60 Å². The van der Waals surface area contributed by atoms with E-state index in [1.165, 1.54) is 0 Å². The first-order valence-corrected chi connectivity index (χ1v) is 8.79. The summed E-state index contributed by atoms with van der Waals surface area (Å²) in [5, 5.41) is 0. The van der Waals surface area contributed by atoms with Gasteiger partial charge in [-0.15, -0.1) is 0 Å². The molecule has 0 unspecified atom stereocenters. The number of imidazole rings is 1. The second-order valence-corrected chi connectivity index (χ2v) is 7.36. The van der Waals surface area contributed by atoms with Crippen LogP contribution in [0.1, 0.15) is 32.0 Å². The fourth-order valence-corrected chi connectivity index (χ4v) is 2.73. The van der Waals surface area contributed by atoms with Crippen molar-refractivity contribution in [2.45, 2.75) is 39.8 Å². The molecule has 6 heteroatoms. The topological polar surface area (TPSA) is 66.1 Å². The van der Waals surface area contributed by atoms with Crippen molar-refractivity contribution in [2.24, 2.45) is 0 Å². The largest absolute Gasteiger partial charge is 0.443 e. The van der Waals surface area contributed by atoms with E-state index >= 15 is 0 Å². The highest BCUT2D eigenvalue weighted by Crippen LogP contribution is 2.16. The molecule has 0 saturated heterocycles. The molecule has 140 valence electrons. The van der Waals surface area contributed by atoms with E-state index in [2.05, 4.69) is 4.98 Å². The summed E-state index contributed by atoms with van der Waals surface area (Å²) in [5.74, 6) is 0. The van der Waals surface area contributed by atoms with Gasteiger partial charge in [0.15, 0.2) is 0 Å². The fourth-order valence-electron chi connectivity index (χ4n) is 2.73. The van der Waals surface area contributed by atoms with E-state index in [0.29, 0.717) is 17.6 Å². The van der Waals surface area contributed by atoms with Gasteiger partial charge in [-0.1, -0.05) is 24.3 Å².